The van der Waals surface area contributed by atoms with Crippen molar-refractivity contribution in [3.63, 3.8) is 0 Å². The number of aromatic nitrogens is 1. The van der Waals surface area contributed by atoms with E-state index in [-0.39, 0.29) is 0 Å². The van der Waals surface area contributed by atoms with E-state index in [0.717, 1.165) is 42.7 Å². The molecular weight excluding hydrogens is 307 g/mol. The highest BCUT2D eigenvalue weighted by Gasteiger charge is 2.20. The van der Waals surface area contributed by atoms with Gasteiger partial charge in [-0.2, -0.15) is 0 Å². The lowest BCUT2D eigenvalue weighted by atomic mass is 10.2. The van der Waals surface area contributed by atoms with Crippen LogP contribution in [0.2, 0.25) is 10.2 Å². The largest absolute Gasteiger partial charge is 0.399 e. The highest BCUT2D eigenvalue weighted by atomic mass is 35.5. The number of halogens is 2. The molecule has 2 N–H and O–H groups in total. The Kier molecular flexibility index (Phi) is 4.08. The molecule has 0 unspecified atom stereocenters. The summed E-state index contributed by atoms with van der Waals surface area (Å²) in [5.41, 5.74) is 7.54. The lowest BCUT2D eigenvalue weighted by molar-refractivity contribution is 0.648. The predicted octanol–water partition coefficient (Wildman–Crippen LogP) is 3.30. The van der Waals surface area contributed by atoms with E-state index < -0.39 is 0 Å². The van der Waals surface area contributed by atoms with Crippen molar-refractivity contribution < 1.29 is 0 Å². The maximum absolute atomic E-state index is 6.25. The van der Waals surface area contributed by atoms with Gasteiger partial charge in [-0.15, -0.1) is 0 Å². The third-order valence-electron chi connectivity index (χ3n) is 3.60. The van der Waals surface area contributed by atoms with Crippen LogP contribution in [0.25, 0.3) is 0 Å². The number of piperazine rings is 1. The second kappa shape index (κ2) is 6.00. The van der Waals surface area contributed by atoms with Crippen molar-refractivity contribution in [2.75, 3.05) is 41.7 Å². The smallest absolute Gasteiger partial charge is 0.133 e. The van der Waals surface area contributed by atoms with Gasteiger partial charge < -0.3 is 15.5 Å². The first-order valence-corrected chi connectivity index (χ1v) is 7.56. The van der Waals surface area contributed by atoms with E-state index in [0.29, 0.717) is 10.8 Å². The lowest BCUT2D eigenvalue weighted by Crippen LogP contribution is -2.47. The molecular formula is C15H16Cl2N4. The Morgan fingerprint density at radius 2 is 1.62 bits per heavy atom. The molecule has 21 heavy (non-hydrogen) atoms. The molecule has 110 valence electrons. The fourth-order valence-electron chi connectivity index (χ4n) is 2.55. The summed E-state index contributed by atoms with van der Waals surface area (Å²) in [4.78, 5) is 8.81. The molecule has 0 radical (unpaired) electrons. The van der Waals surface area contributed by atoms with Crippen molar-refractivity contribution >= 4 is 40.4 Å². The van der Waals surface area contributed by atoms with Crippen LogP contribution in [0.5, 0.6) is 0 Å². The summed E-state index contributed by atoms with van der Waals surface area (Å²) in [6.07, 6.45) is 0. The van der Waals surface area contributed by atoms with Crippen LogP contribution in [-0.4, -0.2) is 31.2 Å². The molecule has 2 aromatic rings. The van der Waals surface area contributed by atoms with E-state index in [1.54, 1.807) is 6.07 Å². The van der Waals surface area contributed by atoms with Crippen LogP contribution in [0.4, 0.5) is 17.2 Å². The minimum atomic E-state index is 0.429. The van der Waals surface area contributed by atoms with Crippen LogP contribution >= 0.6 is 23.2 Å². The number of hydrogen-bond donors (Lipinski definition) is 1. The molecule has 1 saturated heterocycles. The minimum absolute atomic E-state index is 0.429. The van der Waals surface area contributed by atoms with E-state index in [1.165, 1.54) is 0 Å². The summed E-state index contributed by atoms with van der Waals surface area (Å²) in [6.45, 7) is 3.49. The number of rotatable bonds is 2. The summed E-state index contributed by atoms with van der Waals surface area (Å²) in [5, 5.41) is 1.22. The van der Waals surface area contributed by atoms with Gasteiger partial charge >= 0.3 is 0 Å². The van der Waals surface area contributed by atoms with Gasteiger partial charge in [-0.05, 0) is 18.2 Å². The minimum Gasteiger partial charge on any atom is -0.399 e. The zero-order valence-corrected chi connectivity index (χ0v) is 13.0. The zero-order valence-electron chi connectivity index (χ0n) is 11.5. The van der Waals surface area contributed by atoms with Gasteiger partial charge in [0.05, 0.1) is 10.7 Å². The summed E-state index contributed by atoms with van der Waals surface area (Å²) < 4.78 is 0. The second-order valence-electron chi connectivity index (χ2n) is 5.01. The lowest BCUT2D eigenvalue weighted by Gasteiger charge is -2.37. The predicted molar refractivity (Wildman–Crippen MR) is 89.5 cm³/mol. The van der Waals surface area contributed by atoms with Gasteiger partial charge in [-0.1, -0.05) is 35.3 Å². The Labute approximate surface area is 134 Å². The van der Waals surface area contributed by atoms with Gasteiger partial charge in [0.1, 0.15) is 11.0 Å². The molecule has 1 fully saturated rings. The van der Waals surface area contributed by atoms with Crippen LogP contribution in [0.15, 0.2) is 36.4 Å². The molecule has 0 atom stereocenters. The van der Waals surface area contributed by atoms with Crippen molar-refractivity contribution in [2.24, 2.45) is 0 Å². The zero-order chi connectivity index (χ0) is 14.8. The number of nitrogens with zero attached hydrogens (tertiary/aromatic N) is 3. The molecule has 0 saturated carbocycles. The number of nitrogen functional groups attached to an aromatic ring is 1. The summed E-state index contributed by atoms with van der Waals surface area (Å²) in [7, 11) is 0. The Balaban J connectivity index is 1.72. The highest BCUT2D eigenvalue weighted by Crippen LogP contribution is 2.27. The Morgan fingerprint density at radius 3 is 2.29 bits per heavy atom. The van der Waals surface area contributed by atoms with Crippen LogP contribution < -0.4 is 15.5 Å². The molecule has 1 aliphatic rings. The Hall–Kier alpha value is -1.65. The van der Waals surface area contributed by atoms with Crippen molar-refractivity contribution in [3.8, 4) is 0 Å². The quantitative estimate of drug-likeness (QED) is 0.862. The molecule has 2 heterocycles. The number of pyridine rings is 1. The standard InChI is InChI=1S/C15H16Cl2N4/c16-12-3-1-2-4-13(12)20-5-7-21(8-6-20)15-10-11(18)9-14(17)19-15/h1-4,9-10H,5-8H2,(H2,18,19). The van der Waals surface area contributed by atoms with Gasteiger partial charge in [0.15, 0.2) is 0 Å². The summed E-state index contributed by atoms with van der Waals surface area (Å²) >= 11 is 12.2. The first-order valence-electron chi connectivity index (χ1n) is 6.81. The molecule has 0 spiro atoms. The topological polar surface area (TPSA) is 45.4 Å². The van der Waals surface area contributed by atoms with E-state index in [4.69, 9.17) is 28.9 Å². The first-order chi connectivity index (χ1) is 10.1. The highest BCUT2D eigenvalue weighted by molar-refractivity contribution is 6.33. The molecule has 0 aliphatic carbocycles. The molecule has 0 bridgehead atoms. The Morgan fingerprint density at radius 1 is 0.952 bits per heavy atom. The van der Waals surface area contributed by atoms with Crippen LogP contribution in [0.1, 0.15) is 0 Å². The molecule has 3 rings (SSSR count). The van der Waals surface area contributed by atoms with Crippen LogP contribution in [0.3, 0.4) is 0 Å². The normalized spacial score (nSPS) is 15.3. The molecule has 1 aromatic carbocycles. The van der Waals surface area contributed by atoms with Gasteiger partial charge in [-0.25, -0.2) is 4.98 Å². The third kappa shape index (κ3) is 3.17. The van der Waals surface area contributed by atoms with Gasteiger partial charge in [0, 0.05) is 37.9 Å². The first kappa shape index (κ1) is 14.3. The molecule has 6 heteroatoms. The van der Waals surface area contributed by atoms with E-state index in [2.05, 4.69) is 14.8 Å². The van der Waals surface area contributed by atoms with Crippen molar-refractivity contribution in [1.82, 2.24) is 4.98 Å². The second-order valence-corrected chi connectivity index (χ2v) is 5.80. The van der Waals surface area contributed by atoms with Crippen LogP contribution in [-0.2, 0) is 0 Å². The van der Waals surface area contributed by atoms with E-state index in [9.17, 15) is 0 Å². The fourth-order valence-corrected chi connectivity index (χ4v) is 3.02. The maximum Gasteiger partial charge on any atom is 0.133 e. The molecule has 1 aliphatic heterocycles. The number of para-hydroxylation sites is 1. The molecule has 4 nitrogen and oxygen atoms in total. The third-order valence-corrected chi connectivity index (χ3v) is 4.11. The average molecular weight is 323 g/mol. The molecule has 1 aromatic heterocycles. The van der Waals surface area contributed by atoms with Gasteiger partial charge in [-0.3, -0.25) is 0 Å². The number of benzene rings is 1. The molecule has 0 amide bonds. The summed E-state index contributed by atoms with van der Waals surface area (Å²) in [6, 6.07) is 11.4. The van der Waals surface area contributed by atoms with Crippen molar-refractivity contribution in [3.05, 3.63) is 46.6 Å². The average Bonchev–Trinajstić information content (AvgIpc) is 2.47. The van der Waals surface area contributed by atoms with Crippen molar-refractivity contribution in [1.29, 1.82) is 0 Å². The van der Waals surface area contributed by atoms with Crippen LogP contribution in [0, 0.1) is 0 Å². The van der Waals surface area contributed by atoms with Gasteiger partial charge in [0.2, 0.25) is 0 Å². The SMILES string of the molecule is Nc1cc(Cl)nc(N2CCN(c3ccccc3Cl)CC2)c1. The monoisotopic (exact) mass is 322 g/mol. The fraction of sp³-hybridized carbons (Fsp3) is 0.267. The Bertz CT molecular complexity index is 619. The summed E-state index contributed by atoms with van der Waals surface area (Å²) in [5.74, 6) is 0.832. The van der Waals surface area contributed by atoms with E-state index in [1.807, 2.05) is 30.3 Å². The number of hydrogen-bond acceptors (Lipinski definition) is 4. The maximum atomic E-state index is 6.25. The number of anilines is 3. The van der Waals surface area contributed by atoms with E-state index >= 15 is 0 Å². The van der Waals surface area contributed by atoms with Crippen molar-refractivity contribution in [2.45, 2.75) is 0 Å². The number of nitrogens with two attached hydrogens (primary N) is 1. The van der Waals surface area contributed by atoms with Gasteiger partial charge in [0.25, 0.3) is 0 Å².